The lowest BCUT2D eigenvalue weighted by molar-refractivity contribution is -0.127. The zero-order valence-electron chi connectivity index (χ0n) is 10.7. The van der Waals surface area contributed by atoms with Gasteiger partial charge in [0.1, 0.15) is 5.82 Å². The number of fused-ring (bicyclic) bond motifs is 1. The van der Waals surface area contributed by atoms with Gasteiger partial charge in [-0.3, -0.25) is 4.79 Å². The fourth-order valence-corrected chi connectivity index (χ4v) is 2.50. The zero-order valence-corrected chi connectivity index (χ0v) is 10.7. The molecule has 2 N–H and O–H groups in total. The van der Waals surface area contributed by atoms with Gasteiger partial charge in [-0.1, -0.05) is 6.42 Å². The number of amides is 1. The van der Waals surface area contributed by atoms with E-state index in [4.69, 9.17) is 0 Å². The molecule has 3 nitrogen and oxygen atoms in total. The smallest absolute Gasteiger partial charge is 0.223 e. The van der Waals surface area contributed by atoms with Gasteiger partial charge in [-0.05, 0) is 43.0 Å². The zero-order chi connectivity index (χ0) is 13.2. The molecule has 1 saturated carbocycles. The van der Waals surface area contributed by atoms with Gasteiger partial charge in [0, 0.05) is 29.6 Å². The molecule has 1 amide bonds. The summed E-state index contributed by atoms with van der Waals surface area (Å²) in [6.07, 6.45) is 5.88. The second-order valence-electron chi connectivity index (χ2n) is 5.17. The number of carbonyl (C=O) groups excluding carboxylic acids is 1. The number of aromatic nitrogens is 1. The fraction of sp³-hybridized carbons (Fsp3) is 0.400. The van der Waals surface area contributed by atoms with Crippen molar-refractivity contribution in [3.8, 4) is 0 Å². The maximum absolute atomic E-state index is 13.1. The number of hydrogen-bond acceptors (Lipinski definition) is 1. The van der Waals surface area contributed by atoms with E-state index >= 15 is 0 Å². The molecule has 1 aromatic carbocycles. The number of hydrogen-bond donors (Lipinski definition) is 2. The van der Waals surface area contributed by atoms with Gasteiger partial charge in [-0.15, -0.1) is 0 Å². The molecular formula is C15H17FN2O. The Hall–Kier alpha value is -1.84. The lowest BCUT2D eigenvalue weighted by Gasteiger charge is -2.23. The van der Waals surface area contributed by atoms with Crippen LogP contribution in [0.15, 0.2) is 24.4 Å². The van der Waals surface area contributed by atoms with E-state index in [0.717, 1.165) is 35.7 Å². The highest BCUT2D eigenvalue weighted by Crippen LogP contribution is 2.26. The van der Waals surface area contributed by atoms with Gasteiger partial charge >= 0.3 is 0 Å². The third-order valence-electron chi connectivity index (χ3n) is 3.90. The Balaban J connectivity index is 1.60. The van der Waals surface area contributed by atoms with Gasteiger partial charge < -0.3 is 10.3 Å². The first-order valence-electron chi connectivity index (χ1n) is 6.77. The summed E-state index contributed by atoms with van der Waals surface area (Å²) in [6, 6.07) is 4.74. The van der Waals surface area contributed by atoms with E-state index in [1.807, 2.05) is 6.20 Å². The van der Waals surface area contributed by atoms with E-state index in [0.29, 0.717) is 6.54 Å². The number of aromatic amines is 1. The highest BCUT2D eigenvalue weighted by Gasteiger charge is 2.24. The van der Waals surface area contributed by atoms with Crippen molar-refractivity contribution < 1.29 is 9.18 Å². The van der Waals surface area contributed by atoms with Gasteiger partial charge in [-0.2, -0.15) is 0 Å². The van der Waals surface area contributed by atoms with E-state index in [2.05, 4.69) is 10.3 Å². The van der Waals surface area contributed by atoms with Crippen LogP contribution >= 0.6 is 0 Å². The largest absolute Gasteiger partial charge is 0.361 e. The maximum atomic E-state index is 13.1. The second kappa shape index (κ2) is 5.03. The van der Waals surface area contributed by atoms with Crippen LogP contribution in [0.1, 0.15) is 24.8 Å². The molecule has 1 aromatic heterocycles. The quantitative estimate of drug-likeness (QED) is 0.872. The van der Waals surface area contributed by atoms with Crippen molar-refractivity contribution >= 4 is 16.8 Å². The van der Waals surface area contributed by atoms with Crippen molar-refractivity contribution in [3.63, 3.8) is 0 Å². The third-order valence-corrected chi connectivity index (χ3v) is 3.90. The Morgan fingerprint density at radius 2 is 2.26 bits per heavy atom. The summed E-state index contributed by atoms with van der Waals surface area (Å²) in [5, 5.41) is 4.00. The lowest BCUT2D eigenvalue weighted by atomic mass is 9.85. The summed E-state index contributed by atoms with van der Waals surface area (Å²) in [4.78, 5) is 14.8. The van der Waals surface area contributed by atoms with E-state index in [1.54, 1.807) is 6.07 Å². The van der Waals surface area contributed by atoms with Crippen LogP contribution in [0.4, 0.5) is 4.39 Å². The van der Waals surface area contributed by atoms with Crippen molar-refractivity contribution in [2.24, 2.45) is 5.92 Å². The Kier molecular flexibility index (Phi) is 3.23. The summed E-state index contributed by atoms with van der Waals surface area (Å²) in [7, 11) is 0. The van der Waals surface area contributed by atoms with Crippen molar-refractivity contribution in [2.75, 3.05) is 6.54 Å². The molecule has 0 unspecified atom stereocenters. The predicted molar refractivity (Wildman–Crippen MR) is 72.3 cm³/mol. The van der Waals surface area contributed by atoms with E-state index in [1.165, 1.54) is 18.6 Å². The second-order valence-corrected chi connectivity index (χ2v) is 5.17. The molecule has 100 valence electrons. The minimum atomic E-state index is -0.237. The third kappa shape index (κ3) is 2.48. The number of nitrogens with one attached hydrogen (secondary N) is 2. The highest BCUT2D eigenvalue weighted by atomic mass is 19.1. The molecule has 0 bridgehead atoms. The molecule has 0 spiro atoms. The van der Waals surface area contributed by atoms with Crippen LogP contribution in [-0.2, 0) is 11.2 Å². The standard InChI is InChI=1S/C15H17FN2O/c16-12-4-5-13-11(9-18-14(13)8-12)6-7-17-15(19)10-2-1-3-10/h4-5,8-10,18H,1-3,6-7H2,(H,17,19). The molecule has 0 atom stereocenters. The molecule has 1 aliphatic rings. The predicted octanol–water partition coefficient (Wildman–Crippen LogP) is 2.77. The van der Waals surface area contributed by atoms with Gasteiger partial charge in [0.05, 0.1) is 0 Å². The summed E-state index contributed by atoms with van der Waals surface area (Å²) < 4.78 is 13.1. The van der Waals surface area contributed by atoms with Gasteiger partial charge in [-0.25, -0.2) is 4.39 Å². The average molecular weight is 260 g/mol. The molecule has 1 fully saturated rings. The monoisotopic (exact) mass is 260 g/mol. The lowest BCUT2D eigenvalue weighted by Crippen LogP contribution is -2.35. The van der Waals surface area contributed by atoms with Gasteiger partial charge in [0.25, 0.3) is 0 Å². The topological polar surface area (TPSA) is 44.9 Å². The number of halogens is 1. The van der Waals surface area contributed by atoms with Crippen LogP contribution in [0.5, 0.6) is 0 Å². The Morgan fingerprint density at radius 3 is 3.00 bits per heavy atom. The number of H-pyrrole nitrogens is 1. The Bertz CT molecular complexity index is 601. The van der Waals surface area contributed by atoms with Crippen LogP contribution < -0.4 is 5.32 Å². The molecule has 3 rings (SSSR count). The molecule has 4 heteroatoms. The van der Waals surface area contributed by atoms with Crippen LogP contribution in [-0.4, -0.2) is 17.4 Å². The van der Waals surface area contributed by atoms with Crippen LogP contribution in [0, 0.1) is 11.7 Å². The fourth-order valence-electron chi connectivity index (χ4n) is 2.50. The minimum absolute atomic E-state index is 0.178. The number of rotatable bonds is 4. The molecule has 1 aliphatic carbocycles. The van der Waals surface area contributed by atoms with Crippen molar-refractivity contribution in [1.29, 1.82) is 0 Å². The Morgan fingerprint density at radius 1 is 1.42 bits per heavy atom. The Labute approximate surface area is 111 Å². The molecule has 0 aliphatic heterocycles. The first-order chi connectivity index (χ1) is 9.24. The molecule has 0 radical (unpaired) electrons. The minimum Gasteiger partial charge on any atom is -0.361 e. The first-order valence-corrected chi connectivity index (χ1v) is 6.77. The van der Waals surface area contributed by atoms with Crippen molar-refractivity contribution in [1.82, 2.24) is 10.3 Å². The van der Waals surface area contributed by atoms with Crippen molar-refractivity contribution in [3.05, 3.63) is 35.8 Å². The maximum Gasteiger partial charge on any atom is 0.223 e. The van der Waals surface area contributed by atoms with Gasteiger partial charge in [0.2, 0.25) is 5.91 Å². The van der Waals surface area contributed by atoms with E-state index < -0.39 is 0 Å². The van der Waals surface area contributed by atoms with E-state index in [9.17, 15) is 9.18 Å². The summed E-state index contributed by atoms with van der Waals surface area (Å²) in [5.74, 6) is 0.174. The highest BCUT2D eigenvalue weighted by molar-refractivity contribution is 5.83. The molecule has 1 heterocycles. The number of carbonyl (C=O) groups is 1. The van der Waals surface area contributed by atoms with E-state index in [-0.39, 0.29) is 17.6 Å². The summed E-state index contributed by atoms with van der Waals surface area (Å²) in [5.41, 5.74) is 1.92. The molecule has 2 aromatic rings. The number of benzene rings is 1. The van der Waals surface area contributed by atoms with Gasteiger partial charge in [0.15, 0.2) is 0 Å². The average Bonchev–Trinajstić information content (AvgIpc) is 2.69. The normalized spacial score (nSPS) is 15.4. The first kappa shape index (κ1) is 12.2. The van der Waals surface area contributed by atoms with Crippen LogP contribution in [0.2, 0.25) is 0 Å². The van der Waals surface area contributed by atoms with Crippen LogP contribution in [0.25, 0.3) is 10.9 Å². The molecule has 0 saturated heterocycles. The molecule has 19 heavy (non-hydrogen) atoms. The molecular weight excluding hydrogens is 243 g/mol. The summed E-state index contributed by atoms with van der Waals surface area (Å²) in [6.45, 7) is 0.639. The van der Waals surface area contributed by atoms with Crippen molar-refractivity contribution in [2.45, 2.75) is 25.7 Å². The SMILES string of the molecule is O=C(NCCc1c[nH]c2cc(F)ccc12)C1CCC1. The summed E-state index contributed by atoms with van der Waals surface area (Å²) >= 11 is 0. The van der Waals surface area contributed by atoms with Crippen LogP contribution in [0.3, 0.4) is 0 Å².